The van der Waals surface area contributed by atoms with Crippen molar-refractivity contribution in [2.24, 2.45) is 23.7 Å². The summed E-state index contributed by atoms with van der Waals surface area (Å²) in [6.07, 6.45) is 7.50. The van der Waals surface area contributed by atoms with Gasteiger partial charge in [-0.05, 0) is 62.7 Å². The standard InChI is InChI=1S/C15H25NO2/c1-9(17)5-6-15(18)16-14-8-10-7-13(14)12-4-2-3-11(10)12/h9-14,17H,2-8H2,1H3,(H,16,18). The number of nitrogens with one attached hydrogen (secondary N) is 1. The molecule has 2 bridgehead atoms. The Bertz CT molecular complexity index is 328. The highest BCUT2D eigenvalue weighted by Crippen LogP contribution is 2.58. The molecule has 0 aliphatic heterocycles. The number of aliphatic hydroxyl groups excluding tert-OH is 1. The zero-order chi connectivity index (χ0) is 12.7. The number of aliphatic hydroxyl groups is 1. The summed E-state index contributed by atoms with van der Waals surface area (Å²) in [5.41, 5.74) is 0. The highest BCUT2D eigenvalue weighted by molar-refractivity contribution is 5.76. The van der Waals surface area contributed by atoms with Crippen molar-refractivity contribution in [3.05, 3.63) is 0 Å². The summed E-state index contributed by atoms with van der Waals surface area (Å²) >= 11 is 0. The zero-order valence-corrected chi connectivity index (χ0v) is 11.3. The number of hydrogen-bond donors (Lipinski definition) is 2. The molecule has 0 saturated heterocycles. The van der Waals surface area contributed by atoms with Gasteiger partial charge in [0.25, 0.3) is 0 Å². The molecular weight excluding hydrogens is 226 g/mol. The number of carbonyl (C=O) groups excluding carboxylic acids is 1. The van der Waals surface area contributed by atoms with Crippen molar-refractivity contribution in [2.45, 2.75) is 64.0 Å². The van der Waals surface area contributed by atoms with Crippen molar-refractivity contribution in [1.82, 2.24) is 5.32 Å². The Hall–Kier alpha value is -0.570. The Morgan fingerprint density at radius 1 is 1.28 bits per heavy atom. The van der Waals surface area contributed by atoms with E-state index in [1.165, 1.54) is 32.1 Å². The van der Waals surface area contributed by atoms with Gasteiger partial charge in [0, 0.05) is 12.5 Å². The van der Waals surface area contributed by atoms with E-state index in [1.807, 2.05) is 0 Å². The van der Waals surface area contributed by atoms with Crippen molar-refractivity contribution >= 4 is 5.91 Å². The van der Waals surface area contributed by atoms with Crippen LogP contribution >= 0.6 is 0 Å². The summed E-state index contributed by atoms with van der Waals surface area (Å²) in [4.78, 5) is 11.8. The first-order valence-corrected chi connectivity index (χ1v) is 7.62. The van der Waals surface area contributed by atoms with Crippen LogP contribution in [0.3, 0.4) is 0 Å². The minimum absolute atomic E-state index is 0.142. The van der Waals surface area contributed by atoms with Crippen molar-refractivity contribution in [2.75, 3.05) is 0 Å². The molecule has 3 aliphatic carbocycles. The van der Waals surface area contributed by atoms with E-state index in [0.29, 0.717) is 18.9 Å². The molecule has 3 fully saturated rings. The number of hydrogen-bond acceptors (Lipinski definition) is 2. The average molecular weight is 251 g/mol. The fourth-order valence-electron chi connectivity index (χ4n) is 4.85. The van der Waals surface area contributed by atoms with Crippen LogP contribution in [0.25, 0.3) is 0 Å². The van der Waals surface area contributed by atoms with E-state index in [-0.39, 0.29) is 12.0 Å². The molecule has 102 valence electrons. The highest BCUT2D eigenvalue weighted by atomic mass is 16.3. The van der Waals surface area contributed by atoms with E-state index < -0.39 is 0 Å². The van der Waals surface area contributed by atoms with E-state index in [4.69, 9.17) is 0 Å². The molecule has 0 aromatic rings. The van der Waals surface area contributed by atoms with Gasteiger partial charge < -0.3 is 10.4 Å². The van der Waals surface area contributed by atoms with Gasteiger partial charge >= 0.3 is 0 Å². The summed E-state index contributed by atoms with van der Waals surface area (Å²) in [7, 11) is 0. The monoisotopic (exact) mass is 251 g/mol. The third-order valence-corrected chi connectivity index (χ3v) is 5.56. The third-order valence-electron chi connectivity index (χ3n) is 5.56. The largest absolute Gasteiger partial charge is 0.393 e. The maximum atomic E-state index is 11.8. The molecule has 0 aromatic carbocycles. The summed E-state index contributed by atoms with van der Waals surface area (Å²) < 4.78 is 0. The van der Waals surface area contributed by atoms with Crippen LogP contribution in [0, 0.1) is 23.7 Å². The zero-order valence-electron chi connectivity index (χ0n) is 11.3. The molecule has 3 rings (SSSR count). The molecule has 3 heteroatoms. The van der Waals surface area contributed by atoms with Crippen molar-refractivity contribution in [3.8, 4) is 0 Å². The SMILES string of the molecule is CC(O)CCC(=O)NC1CC2CC1C1CCCC21. The molecular formula is C15H25NO2. The molecule has 0 heterocycles. The molecule has 6 unspecified atom stereocenters. The lowest BCUT2D eigenvalue weighted by Crippen LogP contribution is -2.42. The maximum Gasteiger partial charge on any atom is 0.220 e. The second kappa shape index (κ2) is 4.84. The Kier molecular flexibility index (Phi) is 3.35. The van der Waals surface area contributed by atoms with Crippen LogP contribution in [0.4, 0.5) is 0 Å². The lowest BCUT2D eigenvalue weighted by Gasteiger charge is -2.32. The van der Waals surface area contributed by atoms with Gasteiger partial charge in [-0.3, -0.25) is 4.79 Å². The average Bonchev–Trinajstić information content (AvgIpc) is 2.97. The van der Waals surface area contributed by atoms with E-state index in [0.717, 1.165) is 23.7 Å². The number of carbonyl (C=O) groups is 1. The predicted octanol–water partition coefficient (Wildman–Crippen LogP) is 2.09. The Morgan fingerprint density at radius 2 is 2.06 bits per heavy atom. The van der Waals surface area contributed by atoms with Gasteiger partial charge in [-0.25, -0.2) is 0 Å². The van der Waals surface area contributed by atoms with Crippen LogP contribution < -0.4 is 5.32 Å². The molecule has 0 radical (unpaired) electrons. The van der Waals surface area contributed by atoms with E-state index in [1.54, 1.807) is 6.92 Å². The maximum absolute atomic E-state index is 11.8. The summed E-state index contributed by atoms with van der Waals surface area (Å²) in [5, 5.41) is 12.4. The van der Waals surface area contributed by atoms with Gasteiger partial charge in [-0.15, -0.1) is 0 Å². The van der Waals surface area contributed by atoms with Crippen LogP contribution in [-0.4, -0.2) is 23.2 Å². The Labute approximate surface area is 109 Å². The first-order valence-electron chi connectivity index (χ1n) is 7.62. The molecule has 1 amide bonds. The second-order valence-corrected chi connectivity index (χ2v) is 6.72. The molecule has 3 nitrogen and oxygen atoms in total. The fourth-order valence-corrected chi connectivity index (χ4v) is 4.85. The quantitative estimate of drug-likeness (QED) is 0.804. The first kappa shape index (κ1) is 12.5. The van der Waals surface area contributed by atoms with Crippen molar-refractivity contribution < 1.29 is 9.90 Å². The van der Waals surface area contributed by atoms with Crippen LogP contribution in [0.1, 0.15) is 51.9 Å². The lowest BCUT2D eigenvalue weighted by atomic mass is 9.79. The van der Waals surface area contributed by atoms with Gasteiger partial charge in [0.05, 0.1) is 6.10 Å². The van der Waals surface area contributed by atoms with Crippen LogP contribution in [0.2, 0.25) is 0 Å². The predicted molar refractivity (Wildman–Crippen MR) is 69.9 cm³/mol. The smallest absolute Gasteiger partial charge is 0.220 e. The van der Waals surface area contributed by atoms with Gasteiger partial charge in [-0.2, -0.15) is 0 Å². The third kappa shape index (κ3) is 2.18. The molecule has 0 spiro atoms. The molecule has 3 aliphatic rings. The van der Waals surface area contributed by atoms with E-state index in [2.05, 4.69) is 5.32 Å². The van der Waals surface area contributed by atoms with Crippen LogP contribution in [0.5, 0.6) is 0 Å². The Balaban J connectivity index is 1.52. The number of amides is 1. The van der Waals surface area contributed by atoms with Gasteiger partial charge in [0.1, 0.15) is 0 Å². The van der Waals surface area contributed by atoms with E-state index >= 15 is 0 Å². The molecule has 2 N–H and O–H groups in total. The highest BCUT2D eigenvalue weighted by Gasteiger charge is 2.53. The summed E-state index contributed by atoms with van der Waals surface area (Å²) in [6, 6.07) is 0.441. The van der Waals surface area contributed by atoms with E-state index in [9.17, 15) is 9.90 Å². The van der Waals surface area contributed by atoms with Gasteiger partial charge in [0.15, 0.2) is 0 Å². The molecule has 3 saturated carbocycles. The molecule has 0 aromatic heterocycles. The minimum Gasteiger partial charge on any atom is -0.393 e. The van der Waals surface area contributed by atoms with Crippen LogP contribution in [0.15, 0.2) is 0 Å². The lowest BCUT2D eigenvalue weighted by molar-refractivity contribution is -0.122. The summed E-state index contributed by atoms with van der Waals surface area (Å²) in [5.74, 6) is 3.69. The van der Waals surface area contributed by atoms with Gasteiger partial charge in [0.2, 0.25) is 5.91 Å². The fraction of sp³-hybridized carbons (Fsp3) is 0.933. The molecule has 18 heavy (non-hydrogen) atoms. The second-order valence-electron chi connectivity index (χ2n) is 6.72. The van der Waals surface area contributed by atoms with Gasteiger partial charge in [-0.1, -0.05) is 6.42 Å². The normalized spacial score (nSPS) is 42.9. The topological polar surface area (TPSA) is 49.3 Å². The van der Waals surface area contributed by atoms with Crippen LogP contribution in [-0.2, 0) is 4.79 Å². The first-order chi connectivity index (χ1) is 8.65. The van der Waals surface area contributed by atoms with Crippen molar-refractivity contribution in [1.29, 1.82) is 0 Å². The molecule has 6 atom stereocenters. The minimum atomic E-state index is -0.366. The number of fused-ring (bicyclic) bond motifs is 5. The van der Waals surface area contributed by atoms with Crippen molar-refractivity contribution in [3.63, 3.8) is 0 Å². The Morgan fingerprint density at radius 3 is 2.83 bits per heavy atom. The number of rotatable bonds is 4. The summed E-state index contributed by atoms with van der Waals surface area (Å²) in [6.45, 7) is 1.74.